The van der Waals surface area contributed by atoms with Crippen molar-refractivity contribution in [3.63, 3.8) is 0 Å². The van der Waals surface area contributed by atoms with Gasteiger partial charge in [-0.25, -0.2) is 4.79 Å². The molecule has 1 aliphatic carbocycles. The van der Waals surface area contributed by atoms with Gasteiger partial charge in [-0.15, -0.1) is 0 Å². The average molecular weight is 324 g/mol. The van der Waals surface area contributed by atoms with Crippen molar-refractivity contribution in [1.29, 1.82) is 0 Å². The summed E-state index contributed by atoms with van der Waals surface area (Å²) in [4.78, 5) is 26.2. The van der Waals surface area contributed by atoms with Gasteiger partial charge in [0.1, 0.15) is 5.60 Å². The lowest BCUT2D eigenvalue weighted by atomic mass is 9.80. The van der Waals surface area contributed by atoms with Crippen molar-refractivity contribution < 1.29 is 19.4 Å². The maximum absolute atomic E-state index is 12.6. The van der Waals surface area contributed by atoms with Crippen molar-refractivity contribution in [3.8, 4) is 0 Å². The van der Waals surface area contributed by atoms with Gasteiger partial charge in [0, 0.05) is 18.6 Å². The number of nitrogens with two attached hydrogens (primary N) is 1. The molecule has 1 saturated carbocycles. The van der Waals surface area contributed by atoms with Crippen LogP contribution in [0.3, 0.4) is 0 Å². The topological polar surface area (TPSA) is 92.9 Å². The summed E-state index contributed by atoms with van der Waals surface area (Å²) in [7, 11) is 0. The standard InChI is InChI=1S/C17H28N2O4/c1-10-5-11-6-16(8-17(16,9-18)13(20)21)7-12(10)19(11)14(22)23-15(2,3)4/h10-12H,5-9,18H2,1-4H3,(H,20,21)/t10-,11+,12-,16+,17+/m1/s1. The zero-order valence-corrected chi connectivity index (χ0v) is 14.5. The van der Waals surface area contributed by atoms with E-state index in [1.165, 1.54) is 0 Å². The minimum atomic E-state index is -0.784. The lowest BCUT2D eigenvalue weighted by Crippen LogP contribution is -2.51. The number of carbonyl (C=O) groups excluding carboxylic acids is 1. The normalized spacial score (nSPS) is 42.0. The fourth-order valence-electron chi connectivity index (χ4n) is 5.01. The van der Waals surface area contributed by atoms with Crippen LogP contribution in [0.25, 0.3) is 0 Å². The third kappa shape index (κ3) is 2.33. The van der Waals surface area contributed by atoms with Crippen LogP contribution in [0, 0.1) is 16.7 Å². The Labute approximate surface area is 137 Å². The summed E-state index contributed by atoms with van der Waals surface area (Å²) in [5.74, 6) is -0.408. The van der Waals surface area contributed by atoms with Crippen LogP contribution in [0.4, 0.5) is 4.79 Å². The Bertz CT molecular complexity index is 543. The summed E-state index contributed by atoms with van der Waals surface area (Å²) in [6.07, 6.45) is 2.77. The zero-order chi connectivity index (χ0) is 17.2. The van der Waals surface area contributed by atoms with E-state index >= 15 is 0 Å². The first-order chi connectivity index (χ1) is 10.6. The number of hydrogen-bond donors (Lipinski definition) is 2. The molecular weight excluding hydrogens is 296 g/mol. The van der Waals surface area contributed by atoms with E-state index in [4.69, 9.17) is 10.5 Å². The average Bonchev–Trinajstić information content (AvgIpc) is 2.97. The third-order valence-corrected chi connectivity index (χ3v) is 6.17. The lowest BCUT2D eigenvalue weighted by molar-refractivity contribution is -0.145. The fourth-order valence-corrected chi connectivity index (χ4v) is 5.01. The van der Waals surface area contributed by atoms with E-state index in [1.807, 2.05) is 25.7 Å². The number of rotatable bonds is 2. The van der Waals surface area contributed by atoms with Crippen molar-refractivity contribution in [2.24, 2.45) is 22.5 Å². The van der Waals surface area contributed by atoms with Crippen LogP contribution in [-0.4, -0.2) is 46.3 Å². The Hall–Kier alpha value is -1.30. The third-order valence-electron chi connectivity index (χ3n) is 6.17. The first kappa shape index (κ1) is 16.6. The summed E-state index contributed by atoms with van der Waals surface area (Å²) < 4.78 is 5.57. The molecule has 1 amide bonds. The van der Waals surface area contributed by atoms with E-state index in [0.717, 1.165) is 19.3 Å². The molecule has 0 aromatic heterocycles. The van der Waals surface area contributed by atoms with Gasteiger partial charge in [0.05, 0.1) is 5.41 Å². The molecule has 2 saturated heterocycles. The predicted octanol–water partition coefficient (Wildman–Crippen LogP) is 2.21. The summed E-state index contributed by atoms with van der Waals surface area (Å²) in [5.41, 5.74) is 4.28. The first-order valence-corrected chi connectivity index (χ1v) is 8.50. The second-order valence-electron chi connectivity index (χ2n) is 8.78. The van der Waals surface area contributed by atoms with E-state index in [0.29, 0.717) is 12.3 Å². The number of nitrogens with zero attached hydrogens (tertiary/aromatic N) is 1. The minimum Gasteiger partial charge on any atom is -0.481 e. The molecule has 0 aromatic rings. The van der Waals surface area contributed by atoms with Gasteiger partial charge in [0.25, 0.3) is 0 Å². The summed E-state index contributed by atoms with van der Waals surface area (Å²) >= 11 is 0. The number of ether oxygens (including phenoxy) is 1. The number of carboxylic acids is 1. The molecule has 2 heterocycles. The molecule has 1 spiro atoms. The highest BCUT2D eigenvalue weighted by molar-refractivity contribution is 5.81. The molecular formula is C17H28N2O4. The van der Waals surface area contributed by atoms with E-state index in [2.05, 4.69) is 6.92 Å². The van der Waals surface area contributed by atoms with Crippen molar-refractivity contribution in [2.75, 3.05) is 6.54 Å². The van der Waals surface area contributed by atoms with E-state index in [9.17, 15) is 14.7 Å². The Morgan fingerprint density at radius 3 is 2.43 bits per heavy atom. The molecule has 130 valence electrons. The van der Waals surface area contributed by atoms with Crippen LogP contribution in [-0.2, 0) is 9.53 Å². The van der Waals surface area contributed by atoms with Crippen molar-refractivity contribution >= 4 is 12.1 Å². The van der Waals surface area contributed by atoms with Crippen molar-refractivity contribution in [2.45, 2.75) is 71.1 Å². The van der Waals surface area contributed by atoms with E-state index in [1.54, 1.807) is 0 Å². The number of carbonyl (C=O) groups is 2. The van der Waals surface area contributed by atoms with E-state index < -0.39 is 17.0 Å². The molecule has 0 radical (unpaired) electrons. The Morgan fingerprint density at radius 2 is 2.00 bits per heavy atom. The molecule has 6 heteroatoms. The number of hydrogen-bond acceptors (Lipinski definition) is 4. The van der Waals surface area contributed by atoms with E-state index in [-0.39, 0.29) is 30.1 Å². The van der Waals surface area contributed by atoms with Crippen LogP contribution < -0.4 is 5.73 Å². The largest absolute Gasteiger partial charge is 0.481 e. The number of amides is 1. The monoisotopic (exact) mass is 324 g/mol. The zero-order valence-electron chi connectivity index (χ0n) is 14.5. The van der Waals surface area contributed by atoms with Crippen LogP contribution in [0.1, 0.15) is 53.4 Å². The number of piperidine rings is 1. The number of carboxylic acid groups (broad SMARTS) is 1. The molecule has 23 heavy (non-hydrogen) atoms. The molecule has 0 unspecified atom stereocenters. The highest BCUT2D eigenvalue weighted by Crippen LogP contribution is 2.72. The molecule has 3 aliphatic rings. The summed E-state index contributed by atoms with van der Waals surface area (Å²) in [6.45, 7) is 7.93. The van der Waals surface area contributed by atoms with Gasteiger partial charge in [-0.1, -0.05) is 6.92 Å². The SMILES string of the molecule is C[C@@H]1C[C@H]2C[C@]3(C[C@H]1N2C(=O)OC(C)(C)C)C[C@]3(CN)C(=O)O. The van der Waals surface area contributed by atoms with Gasteiger partial charge in [-0.05, 0) is 57.8 Å². The van der Waals surface area contributed by atoms with Gasteiger partial charge >= 0.3 is 12.1 Å². The number of aliphatic carboxylic acids is 1. The van der Waals surface area contributed by atoms with Crippen molar-refractivity contribution in [3.05, 3.63) is 0 Å². The highest BCUT2D eigenvalue weighted by Gasteiger charge is 2.75. The molecule has 6 nitrogen and oxygen atoms in total. The molecule has 2 bridgehead atoms. The summed E-state index contributed by atoms with van der Waals surface area (Å²) in [6, 6.07) is 0.141. The maximum atomic E-state index is 12.6. The Kier molecular flexibility index (Phi) is 3.49. The molecule has 3 N–H and O–H groups in total. The molecule has 3 fully saturated rings. The molecule has 0 aromatic carbocycles. The maximum Gasteiger partial charge on any atom is 0.410 e. The van der Waals surface area contributed by atoms with Gasteiger partial charge in [0.2, 0.25) is 0 Å². The van der Waals surface area contributed by atoms with Gasteiger partial charge in [0.15, 0.2) is 0 Å². The van der Waals surface area contributed by atoms with Crippen LogP contribution in [0.2, 0.25) is 0 Å². The van der Waals surface area contributed by atoms with Gasteiger partial charge in [-0.3, -0.25) is 4.79 Å². The lowest BCUT2D eigenvalue weighted by Gasteiger charge is -2.41. The fraction of sp³-hybridized carbons (Fsp3) is 0.882. The molecule has 5 atom stereocenters. The highest BCUT2D eigenvalue weighted by atomic mass is 16.6. The summed E-state index contributed by atoms with van der Waals surface area (Å²) in [5, 5.41) is 9.62. The minimum absolute atomic E-state index is 0.0661. The van der Waals surface area contributed by atoms with Gasteiger partial charge in [-0.2, -0.15) is 0 Å². The van der Waals surface area contributed by atoms with Crippen LogP contribution in [0.5, 0.6) is 0 Å². The van der Waals surface area contributed by atoms with Crippen LogP contribution in [0.15, 0.2) is 0 Å². The van der Waals surface area contributed by atoms with Gasteiger partial charge < -0.3 is 20.5 Å². The first-order valence-electron chi connectivity index (χ1n) is 8.50. The second-order valence-corrected chi connectivity index (χ2v) is 8.78. The second kappa shape index (κ2) is 4.85. The molecule has 3 rings (SSSR count). The Morgan fingerprint density at radius 1 is 1.35 bits per heavy atom. The smallest absolute Gasteiger partial charge is 0.410 e. The predicted molar refractivity (Wildman–Crippen MR) is 84.8 cm³/mol. The van der Waals surface area contributed by atoms with Crippen LogP contribution >= 0.6 is 0 Å². The van der Waals surface area contributed by atoms with Crippen molar-refractivity contribution in [1.82, 2.24) is 4.90 Å². The Balaban J connectivity index is 1.81. The quantitative estimate of drug-likeness (QED) is 0.812. The molecule has 2 aliphatic heterocycles. The number of fused-ring (bicyclic) bond motifs is 2.